The Hall–Kier alpha value is -3.12. The predicted octanol–water partition coefficient (Wildman–Crippen LogP) is 4.71. The lowest BCUT2D eigenvalue weighted by molar-refractivity contribution is 0.0602. The second-order valence-corrected chi connectivity index (χ2v) is 5.89. The minimum Gasteiger partial charge on any atom is -0.465 e. The fraction of sp³-hybridized carbons (Fsp3) is 0.105. The highest BCUT2D eigenvalue weighted by atomic mass is 35.5. The van der Waals surface area contributed by atoms with Crippen LogP contribution in [0.1, 0.15) is 16.1 Å². The number of nitrogens with one attached hydrogen (secondary N) is 2. The number of nitrogens with zero attached hydrogens (tertiary/aromatic N) is 2. The summed E-state index contributed by atoms with van der Waals surface area (Å²) in [6.07, 6.45) is 0. The smallest absolute Gasteiger partial charge is 0.339 e. The Bertz CT molecular complexity index is 946. The average molecular weight is 369 g/mol. The lowest BCUT2D eigenvalue weighted by Gasteiger charge is -2.12. The number of halogens is 1. The van der Waals surface area contributed by atoms with Crippen LogP contribution in [0, 0.1) is 6.92 Å². The van der Waals surface area contributed by atoms with Gasteiger partial charge in [0.2, 0.25) is 5.95 Å². The van der Waals surface area contributed by atoms with E-state index < -0.39 is 5.97 Å². The maximum Gasteiger partial charge on any atom is 0.339 e. The van der Waals surface area contributed by atoms with Crippen molar-refractivity contribution in [2.24, 2.45) is 0 Å². The summed E-state index contributed by atoms with van der Waals surface area (Å²) in [5.41, 5.74) is 2.49. The lowest BCUT2D eigenvalue weighted by atomic mass is 10.2. The fourth-order valence-corrected chi connectivity index (χ4v) is 2.57. The molecule has 0 atom stereocenters. The number of aromatic nitrogens is 2. The predicted molar refractivity (Wildman–Crippen MR) is 103 cm³/mol. The molecule has 0 saturated heterocycles. The van der Waals surface area contributed by atoms with Crippen LogP contribution >= 0.6 is 11.6 Å². The summed E-state index contributed by atoms with van der Waals surface area (Å²) in [5, 5.41) is 6.82. The van der Waals surface area contributed by atoms with E-state index in [-0.39, 0.29) is 0 Å². The van der Waals surface area contributed by atoms with Gasteiger partial charge in [0, 0.05) is 11.8 Å². The molecule has 6 nitrogen and oxygen atoms in total. The minimum atomic E-state index is -0.423. The summed E-state index contributed by atoms with van der Waals surface area (Å²) in [6.45, 7) is 1.86. The second-order valence-electron chi connectivity index (χ2n) is 5.49. The zero-order chi connectivity index (χ0) is 18.5. The van der Waals surface area contributed by atoms with E-state index in [9.17, 15) is 4.79 Å². The molecule has 1 aromatic heterocycles. The zero-order valence-corrected chi connectivity index (χ0v) is 15.0. The number of methoxy groups -OCH3 is 1. The van der Waals surface area contributed by atoms with Crippen LogP contribution in [0.4, 0.5) is 23.1 Å². The molecular formula is C19H17ClN4O2. The molecule has 3 rings (SSSR count). The Labute approximate surface area is 156 Å². The van der Waals surface area contributed by atoms with Crippen molar-refractivity contribution in [3.05, 3.63) is 70.9 Å². The van der Waals surface area contributed by atoms with Crippen molar-refractivity contribution in [1.82, 2.24) is 9.97 Å². The molecule has 0 saturated carbocycles. The second kappa shape index (κ2) is 7.84. The Morgan fingerprint density at radius 1 is 1.00 bits per heavy atom. The van der Waals surface area contributed by atoms with E-state index in [1.165, 1.54) is 7.11 Å². The van der Waals surface area contributed by atoms with Crippen molar-refractivity contribution in [1.29, 1.82) is 0 Å². The van der Waals surface area contributed by atoms with Gasteiger partial charge in [0.15, 0.2) is 0 Å². The molecule has 0 aliphatic heterocycles. The fourth-order valence-electron chi connectivity index (χ4n) is 2.39. The van der Waals surface area contributed by atoms with Gasteiger partial charge in [0.25, 0.3) is 0 Å². The molecule has 0 spiro atoms. The van der Waals surface area contributed by atoms with E-state index in [2.05, 4.69) is 20.6 Å². The highest BCUT2D eigenvalue weighted by molar-refractivity contribution is 6.33. The van der Waals surface area contributed by atoms with E-state index in [1.54, 1.807) is 30.3 Å². The number of rotatable bonds is 5. The van der Waals surface area contributed by atoms with Crippen LogP contribution in [-0.2, 0) is 4.74 Å². The third kappa shape index (κ3) is 4.10. The van der Waals surface area contributed by atoms with Crippen LogP contribution in [0.3, 0.4) is 0 Å². The summed E-state index contributed by atoms with van der Waals surface area (Å²) in [6, 6.07) is 16.2. The number of hydrogen-bond donors (Lipinski definition) is 2. The van der Waals surface area contributed by atoms with E-state index in [1.807, 2.05) is 31.2 Å². The Balaban J connectivity index is 1.90. The van der Waals surface area contributed by atoms with Gasteiger partial charge < -0.3 is 15.4 Å². The first kappa shape index (κ1) is 17.7. The normalized spacial score (nSPS) is 10.3. The van der Waals surface area contributed by atoms with Crippen molar-refractivity contribution in [2.75, 3.05) is 17.7 Å². The molecule has 0 aliphatic rings. The molecule has 0 unspecified atom stereocenters. The molecule has 0 amide bonds. The number of carbonyl (C=O) groups excluding carboxylic acids is 1. The van der Waals surface area contributed by atoms with Gasteiger partial charge in [0.05, 0.1) is 29.1 Å². The van der Waals surface area contributed by atoms with Gasteiger partial charge >= 0.3 is 5.97 Å². The van der Waals surface area contributed by atoms with Gasteiger partial charge in [-0.3, -0.25) is 0 Å². The number of benzene rings is 2. The highest BCUT2D eigenvalue weighted by Gasteiger charge is 2.12. The number of hydrogen-bond acceptors (Lipinski definition) is 6. The van der Waals surface area contributed by atoms with Crippen molar-refractivity contribution >= 4 is 40.7 Å². The van der Waals surface area contributed by atoms with Gasteiger partial charge in [-0.1, -0.05) is 35.9 Å². The van der Waals surface area contributed by atoms with E-state index in [0.717, 1.165) is 5.69 Å². The number of para-hydroxylation sites is 2. The first-order valence-corrected chi connectivity index (χ1v) is 8.26. The van der Waals surface area contributed by atoms with Crippen molar-refractivity contribution in [3.63, 3.8) is 0 Å². The van der Waals surface area contributed by atoms with E-state index >= 15 is 0 Å². The summed E-state index contributed by atoms with van der Waals surface area (Å²) in [7, 11) is 1.35. The van der Waals surface area contributed by atoms with Crippen LogP contribution in [0.5, 0.6) is 0 Å². The SMILES string of the molecule is COC(=O)c1ccccc1Nc1cc(C)nc(Nc2ccccc2Cl)n1. The Morgan fingerprint density at radius 2 is 1.69 bits per heavy atom. The third-order valence-corrected chi connectivity index (χ3v) is 3.90. The summed E-state index contributed by atoms with van der Waals surface area (Å²) < 4.78 is 4.82. The molecule has 132 valence electrons. The third-order valence-electron chi connectivity index (χ3n) is 3.57. The monoisotopic (exact) mass is 368 g/mol. The van der Waals surface area contributed by atoms with Crippen LogP contribution in [-0.4, -0.2) is 23.0 Å². The van der Waals surface area contributed by atoms with Crippen LogP contribution in [0.15, 0.2) is 54.6 Å². The number of anilines is 4. The van der Waals surface area contributed by atoms with Crippen LogP contribution in [0.2, 0.25) is 5.02 Å². The van der Waals surface area contributed by atoms with Crippen molar-refractivity contribution in [2.45, 2.75) is 6.92 Å². The van der Waals surface area contributed by atoms with Crippen LogP contribution in [0.25, 0.3) is 0 Å². The molecule has 2 aromatic carbocycles. The molecule has 0 aliphatic carbocycles. The van der Waals surface area contributed by atoms with Gasteiger partial charge in [-0.25, -0.2) is 9.78 Å². The molecule has 1 heterocycles. The lowest BCUT2D eigenvalue weighted by Crippen LogP contribution is -2.07. The van der Waals surface area contributed by atoms with E-state index in [4.69, 9.17) is 16.3 Å². The molecule has 7 heteroatoms. The van der Waals surface area contributed by atoms with Crippen LogP contribution < -0.4 is 10.6 Å². The van der Waals surface area contributed by atoms with Crippen molar-refractivity contribution < 1.29 is 9.53 Å². The number of aryl methyl sites for hydroxylation is 1. The number of carbonyl (C=O) groups is 1. The minimum absolute atomic E-state index is 0.399. The molecule has 0 bridgehead atoms. The maximum atomic E-state index is 11.9. The molecule has 26 heavy (non-hydrogen) atoms. The highest BCUT2D eigenvalue weighted by Crippen LogP contribution is 2.25. The summed E-state index contributed by atoms with van der Waals surface area (Å²) >= 11 is 6.17. The number of ether oxygens (including phenoxy) is 1. The quantitative estimate of drug-likeness (QED) is 0.635. The maximum absolute atomic E-state index is 11.9. The van der Waals surface area contributed by atoms with Gasteiger partial charge in [-0.15, -0.1) is 0 Å². The first-order valence-electron chi connectivity index (χ1n) is 7.88. The first-order chi connectivity index (χ1) is 12.6. The topological polar surface area (TPSA) is 76.1 Å². The molecule has 3 aromatic rings. The molecule has 2 N–H and O–H groups in total. The summed E-state index contributed by atoms with van der Waals surface area (Å²) in [4.78, 5) is 20.7. The number of esters is 1. The van der Waals surface area contributed by atoms with Gasteiger partial charge in [0.1, 0.15) is 5.82 Å². The van der Waals surface area contributed by atoms with E-state index in [0.29, 0.717) is 33.7 Å². The van der Waals surface area contributed by atoms with Crippen molar-refractivity contribution in [3.8, 4) is 0 Å². The molecule has 0 fully saturated rings. The van der Waals surface area contributed by atoms with Gasteiger partial charge in [-0.2, -0.15) is 4.98 Å². The standard InChI is InChI=1S/C19H17ClN4O2/c1-12-11-17(22-15-9-5-3-7-13(15)18(25)26-2)24-19(21-12)23-16-10-6-4-8-14(16)20/h3-11H,1-2H3,(H2,21,22,23,24). The molecule has 0 radical (unpaired) electrons. The molecular weight excluding hydrogens is 352 g/mol. The zero-order valence-electron chi connectivity index (χ0n) is 14.3. The van der Waals surface area contributed by atoms with Gasteiger partial charge in [-0.05, 0) is 31.2 Å². The Kier molecular flexibility index (Phi) is 5.34. The average Bonchev–Trinajstić information content (AvgIpc) is 2.63. The Morgan fingerprint density at radius 3 is 2.42 bits per heavy atom. The summed E-state index contributed by atoms with van der Waals surface area (Å²) in [5.74, 6) is 0.521. The largest absolute Gasteiger partial charge is 0.465 e.